The highest BCUT2D eigenvalue weighted by Gasteiger charge is 2.14. The molecule has 3 rings (SSSR count). The number of fused-ring (bicyclic) bond motifs is 1. The summed E-state index contributed by atoms with van der Waals surface area (Å²) in [5.74, 6) is -0.197. The summed E-state index contributed by atoms with van der Waals surface area (Å²) in [6.07, 6.45) is -0.701. The van der Waals surface area contributed by atoms with Crippen LogP contribution in [-0.2, 0) is 4.74 Å². The lowest BCUT2D eigenvalue weighted by atomic mass is 10.3. The van der Waals surface area contributed by atoms with E-state index in [4.69, 9.17) is 4.74 Å². The smallest absolute Gasteiger partial charge is 0.261 e. The van der Waals surface area contributed by atoms with Crippen molar-refractivity contribution >= 4 is 38.8 Å². The van der Waals surface area contributed by atoms with Crippen LogP contribution in [0.25, 0.3) is 20.1 Å². The molecule has 1 unspecified atom stereocenters. The summed E-state index contributed by atoms with van der Waals surface area (Å²) in [4.78, 5) is 18.3. The van der Waals surface area contributed by atoms with Crippen LogP contribution in [0.5, 0.6) is 0 Å². The molecule has 5 nitrogen and oxygen atoms in total. The summed E-state index contributed by atoms with van der Waals surface area (Å²) in [5.41, 5.74) is 0.967. The summed E-state index contributed by atoms with van der Waals surface area (Å²) in [6.45, 7) is 0.364. The zero-order valence-electron chi connectivity index (χ0n) is 12.5. The Hall–Kier alpha value is -1.80. The van der Waals surface area contributed by atoms with Gasteiger partial charge in [-0.15, -0.1) is 22.7 Å². The van der Waals surface area contributed by atoms with Crippen LogP contribution < -0.4 is 5.32 Å². The van der Waals surface area contributed by atoms with Gasteiger partial charge in [0, 0.05) is 13.7 Å². The molecule has 0 radical (unpaired) electrons. The van der Waals surface area contributed by atoms with E-state index in [0.717, 1.165) is 20.1 Å². The van der Waals surface area contributed by atoms with Crippen LogP contribution in [0.15, 0.2) is 36.4 Å². The molecule has 0 bridgehead atoms. The summed E-state index contributed by atoms with van der Waals surface area (Å²) in [6, 6.07) is 11.7. The van der Waals surface area contributed by atoms with Crippen molar-refractivity contribution in [3.05, 3.63) is 41.3 Å². The highest BCUT2D eigenvalue weighted by atomic mass is 32.1. The minimum absolute atomic E-state index is 0.168. The molecule has 0 saturated heterocycles. The summed E-state index contributed by atoms with van der Waals surface area (Å²) in [7, 11) is 1.51. The second-order valence-corrected chi connectivity index (χ2v) is 7.08. The molecule has 1 atom stereocenters. The number of carbonyl (C=O) groups excluding carboxylic acids is 1. The molecule has 0 fully saturated rings. The molecule has 0 spiro atoms. The molecule has 2 N–H and O–H groups in total. The fraction of sp³-hybridized carbons (Fsp3) is 0.250. The number of ether oxygens (including phenoxy) is 1. The van der Waals surface area contributed by atoms with E-state index in [9.17, 15) is 9.90 Å². The zero-order valence-corrected chi connectivity index (χ0v) is 14.1. The average molecular weight is 348 g/mol. The third-order valence-corrected chi connectivity index (χ3v) is 5.48. The van der Waals surface area contributed by atoms with Gasteiger partial charge in [0.15, 0.2) is 0 Å². The molecule has 7 heteroatoms. The molecule has 3 aromatic rings. The molecule has 0 saturated carbocycles. The Morgan fingerprint density at radius 2 is 2.13 bits per heavy atom. The normalized spacial score (nSPS) is 12.4. The Labute approximate surface area is 141 Å². The first-order valence-corrected chi connectivity index (χ1v) is 8.71. The van der Waals surface area contributed by atoms with E-state index in [2.05, 4.69) is 10.3 Å². The van der Waals surface area contributed by atoms with Gasteiger partial charge in [0.1, 0.15) is 5.01 Å². The van der Waals surface area contributed by atoms with Crippen molar-refractivity contribution in [2.24, 2.45) is 0 Å². The van der Waals surface area contributed by atoms with Gasteiger partial charge in [-0.2, -0.15) is 0 Å². The number of nitrogens with one attached hydrogen (secondary N) is 1. The molecule has 1 amide bonds. The fourth-order valence-electron chi connectivity index (χ4n) is 2.10. The Balaban J connectivity index is 1.71. The molecule has 0 aliphatic rings. The van der Waals surface area contributed by atoms with Gasteiger partial charge in [-0.1, -0.05) is 12.1 Å². The molecule has 23 heavy (non-hydrogen) atoms. The Kier molecular flexibility index (Phi) is 5.02. The van der Waals surface area contributed by atoms with Gasteiger partial charge >= 0.3 is 0 Å². The number of thiazole rings is 1. The molecule has 120 valence electrons. The Morgan fingerprint density at radius 1 is 1.30 bits per heavy atom. The Morgan fingerprint density at radius 3 is 2.91 bits per heavy atom. The van der Waals surface area contributed by atoms with Crippen LogP contribution in [0.1, 0.15) is 9.67 Å². The monoisotopic (exact) mass is 348 g/mol. The number of methoxy groups -OCH3 is 1. The number of thiophene rings is 1. The van der Waals surface area contributed by atoms with Crippen molar-refractivity contribution in [3.63, 3.8) is 0 Å². The fourth-order valence-corrected chi connectivity index (χ4v) is 4.04. The lowest BCUT2D eigenvalue weighted by Crippen LogP contribution is -2.33. The van der Waals surface area contributed by atoms with Crippen LogP contribution in [0.2, 0.25) is 0 Å². The van der Waals surface area contributed by atoms with E-state index in [1.165, 1.54) is 18.4 Å². The lowest BCUT2D eigenvalue weighted by Gasteiger charge is -2.09. The number of aliphatic hydroxyl groups is 1. The predicted octanol–water partition coefficient (Wildman–Crippen LogP) is 2.76. The minimum atomic E-state index is -0.701. The molecule has 0 aliphatic carbocycles. The van der Waals surface area contributed by atoms with Gasteiger partial charge in [0.2, 0.25) is 0 Å². The van der Waals surface area contributed by atoms with E-state index < -0.39 is 6.10 Å². The number of aromatic nitrogens is 1. The maximum atomic E-state index is 12.1. The zero-order chi connectivity index (χ0) is 16.2. The number of hydrogen-bond acceptors (Lipinski definition) is 6. The van der Waals surface area contributed by atoms with E-state index >= 15 is 0 Å². The highest BCUT2D eigenvalue weighted by molar-refractivity contribution is 7.26. The van der Waals surface area contributed by atoms with Crippen molar-refractivity contribution in [1.82, 2.24) is 10.3 Å². The average Bonchev–Trinajstić information content (AvgIpc) is 3.19. The number of benzene rings is 1. The number of nitrogens with zero attached hydrogens (tertiary/aromatic N) is 1. The van der Waals surface area contributed by atoms with Crippen LogP contribution in [0.3, 0.4) is 0 Å². The van der Waals surface area contributed by atoms with Gasteiger partial charge in [-0.3, -0.25) is 4.79 Å². The van der Waals surface area contributed by atoms with Crippen molar-refractivity contribution in [3.8, 4) is 9.88 Å². The minimum Gasteiger partial charge on any atom is -0.389 e. The maximum absolute atomic E-state index is 12.1. The van der Waals surface area contributed by atoms with Crippen molar-refractivity contribution in [1.29, 1.82) is 0 Å². The maximum Gasteiger partial charge on any atom is 0.261 e. The summed E-state index contributed by atoms with van der Waals surface area (Å²) in [5, 5.41) is 13.2. The van der Waals surface area contributed by atoms with Gasteiger partial charge < -0.3 is 15.2 Å². The van der Waals surface area contributed by atoms with Crippen LogP contribution in [0, 0.1) is 0 Å². The second kappa shape index (κ2) is 7.18. The predicted molar refractivity (Wildman–Crippen MR) is 93.1 cm³/mol. The highest BCUT2D eigenvalue weighted by Crippen LogP contribution is 2.34. The topological polar surface area (TPSA) is 71.5 Å². The third kappa shape index (κ3) is 3.76. The van der Waals surface area contributed by atoms with E-state index in [0.29, 0.717) is 4.88 Å². The van der Waals surface area contributed by atoms with Gasteiger partial charge in [-0.25, -0.2) is 4.98 Å². The first kappa shape index (κ1) is 16.1. The summed E-state index contributed by atoms with van der Waals surface area (Å²) >= 11 is 3.01. The molecular weight excluding hydrogens is 332 g/mol. The molecular formula is C16H16N2O3S2. The van der Waals surface area contributed by atoms with E-state index in [-0.39, 0.29) is 19.1 Å². The second-order valence-electron chi connectivity index (χ2n) is 4.97. The molecule has 0 aliphatic heterocycles. The van der Waals surface area contributed by atoms with E-state index in [1.54, 1.807) is 17.4 Å². The number of rotatable bonds is 6. The largest absolute Gasteiger partial charge is 0.389 e. The van der Waals surface area contributed by atoms with Crippen LogP contribution in [-0.4, -0.2) is 42.4 Å². The van der Waals surface area contributed by atoms with Crippen molar-refractivity contribution in [2.75, 3.05) is 20.3 Å². The first-order valence-electron chi connectivity index (χ1n) is 7.08. The quantitative estimate of drug-likeness (QED) is 0.718. The van der Waals surface area contributed by atoms with Crippen molar-refractivity contribution in [2.45, 2.75) is 6.10 Å². The standard InChI is InChI=1S/C16H16N2O3S2/c1-21-9-10(19)8-17-15(20)13-6-7-14(22-13)16-18-11-4-2-3-5-12(11)23-16/h2-7,10,19H,8-9H2,1H3,(H,17,20). The molecule has 1 aromatic carbocycles. The number of hydrogen-bond donors (Lipinski definition) is 2. The van der Waals surface area contributed by atoms with Crippen LogP contribution >= 0.6 is 22.7 Å². The van der Waals surface area contributed by atoms with Gasteiger partial charge in [0.25, 0.3) is 5.91 Å². The number of para-hydroxylation sites is 1. The van der Waals surface area contributed by atoms with E-state index in [1.807, 2.05) is 30.3 Å². The molecule has 2 heterocycles. The number of aliphatic hydroxyl groups excluding tert-OH is 1. The van der Waals surface area contributed by atoms with Gasteiger partial charge in [0.05, 0.1) is 32.7 Å². The SMILES string of the molecule is COCC(O)CNC(=O)c1ccc(-c2nc3ccccc3s2)s1. The number of amides is 1. The Bertz CT molecular complexity index is 779. The van der Waals surface area contributed by atoms with Crippen LogP contribution in [0.4, 0.5) is 0 Å². The summed E-state index contributed by atoms with van der Waals surface area (Å²) < 4.78 is 5.96. The lowest BCUT2D eigenvalue weighted by molar-refractivity contribution is 0.0611. The van der Waals surface area contributed by atoms with Crippen molar-refractivity contribution < 1.29 is 14.6 Å². The molecule has 2 aromatic heterocycles. The van der Waals surface area contributed by atoms with Gasteiger partial charge in [-0.05, 0) is 24.3 Å². The number of carbonyl (C=O) groups is 1. The first-order chi connectivity index (χ1) is 11.2. The third-order valence-electron chi connectivity index (χ3n) is 3.19.